The van der Waals surface area contributed by atoms with E-state index >= 15 is 0 Å². The number of rotatable bonds is 3. The fraction of sp³-hybridized carbons (Fsp3) is 0.889. The molecule has 4 N–H and O–H groups in total. The minimum absolute atomic E-state index is 0.371. The Morgan fingerprint density at radius 3 is 2.50 bits per heavy atom. The minimum Gasteiger partial charge on any atom is -0.394 e. The van der Waals surface area contributed by atoms with Crippen LogP contribution in [0.5, 0.6) is 0 Å². The van der Waals surface area contributed by atoms with Crippen molar-refractivity contribution < 1.29 is 29.6 Å². The number of methoxy groups -OCH3 is 1. The highest BCUT2D eigenvalue weighted by molar-refractivity contribution is 5.73. The van der Waals surface area contributed by atoms with Crippen LogP contribution < -0.4 is 5.32 Å². The predicted molar refractivity (Wildman–Crippen MR) is 52.4 cm³/mol. The highest BCUT2D eigenvalue weighted by Gasteiger charge is 2.44. The van der Waals surface area contributed by atoms with Crippen LogP contribution in [0.2, 0.25) is 0 Å². The quantitative estimate of drug-likeness (QED) is 0.433. The van der Waals surface area contributed by atoms with Crippen LogP contribution in [0.15, 0.2) is 0 Å². The van der Waals surface area contributed by atoms with E-state index in [4.69, 9.17) is 14.6 Å². The molecular weight excluding hydrogens is 218 g/mol. The molecule has 0 bridgehead atoms. The number of carbonyl (C=O) groups excluding carboxylic acids is 1. The highest BCUT2D eigenvalue weighted by atomic mass is 16.7. The molecule has 1 saturated heterocycles. The van der Waals surface area contributed by atoms with Gasteiger partial charge in [-0.3, -0.25) is 4.79 Å². The zero-order valence-electron chi connectivity index (χ0n) is 9.16. The lowest BCUT2D eigenvalue weighted by Gasteiger charge is -2.41. The standard InChI is InChI=1S/C9H17NO6/c1-4(12)10-6-8(14)7(13)5(3-11)16-9(6)15-2/h5-9,11,13-14H,3H2,1-2H3,(H,10,12)/t5-,6-,7+,8-,9-/m1/s1. The number of aliphatic hydroxyl groups is 3. The summed E-state index contributed by atoms with van der Waals surface area (Å²) in [5.41, 5.74) is 0. The Morgan fingerprint density at radius 1 is 1.44 bits per heavy atom. The van der Waals surface area contributed by atoms with Crippen LogP contribution in [-0.2, 0) is 14.3 Å². The van der Waals surface area contributed by atoms with E-state index in [-0.39, 0.29) is 5.91 Å². The van der Waals surface area contributed by atoms with Crippen LogP contribution in [0.25, 0.3) is 0 Å². The SMILES string of the molecule is CO[C@@H]1O[C@H](CO)[C@H](O)[C@H](O)[C@H]1NC(C)=O. The van der Waals surface area contributed by atoms with Gasteiger partial charge in [0.05, 0.1) is 6.61 Å². The maximum atomic E-state index is 10.9. The second-order valence-electron chi connectivity index (χ2n) is 3.67. The third-order valence-electron chi connectivity index (χ3n) is 2.48. The van der Waals surface area contributed by atoms with Crippen molar-refractivity contribution in [3.8, 4) is 0 Å². The molecule has 7 heteroatoms. The molecule has 7 nitrogen and oxygen atoms in total. The van der Waals surface area contributed by atoms with Gasteiger partial charge < -0.3 is 30.1 Å². The molecule has 0 aromatic rings. The minimum atomic E-state index is -1.27. The van der Waals surface area contributed by atoms with E-state index in [0.717, 1.165) is 0 Å². The fourth-order valence-electron chi connectivity index (χ4n) is 1.67. The molecule has 0 aromatic carbocycles. The third-order valence-corrected chi connectivity index (χ3v) is 2.48. The first-order valence-electron chi connectivity index (χ1n) is 4.93. The molecule has 0 aliphatic carbocycles. The van der Waals surface area contributed by atoms with E-state index in [1.807, 2.05) is 0 Å². The first kappa shape index (κ1) is 13.3. The zero-order valence-corrected chi connectivity index (χ0v) is 9.16. The molecule has 0 unspecified atom stereocenters. The molecule has 1 heterocycles. The number of hydrogen-bond acceptors (Lipinski definition) is 6. The van der Waals surface area contributed by atoms with Gasteiger partial charge in [-0.2, -0.15) is 0 Å². The van der Waals surface area contributed by atoms with Gasteiger partial charge in [0.15, 0.2) is 6.29 Å². The largest absolute Gasteiger partial charge is 0.394 e. The monoisotopic (exact) mass is 235 g/mol. The molecule has 1 amide bonds. The Hall–Kier alpha value is -0.730. The zero-order chi connectivity index (χ0) is 12.3. The normalized spacial score (nSPS) is 39.4. The van der Waals surface area contributed by atoms with Crippen LogP contribution in [0.3, 0.4) is 0 Å². The molecule has 1 fully saturated rings. The van der Waals surface area contributed by atoms with Crippen molar-refractivity contribution in [2.75, 3.05) is 13.7 Å². The van der Waals surface area contributed by atoms with Crippen molar-refractivity contribution in [2.24, 2.45) is 0 Å². The van der Waals surface area contributed by atoms with E-state index in [0.29, 0.717) is 0 Å². The second kappa shape index (κ2) is 5.55. The van der Waals surface area contributed by atoms with E-state index in [1.165, 1.54) is 14.0 Å². The van der Waals surface area contributed by atoms with Gasteiger partial charge in [-0.1, -0.05) is 0 Å². The van der Waals surface area contributed by atoms with Gasteiger partial charge in [0, 0.05) is 14.0 Å². The van der Waals surface area contributed by atoms with E-state index in [1.54, 1.807) is 0 Å². The number of nitrogens with one attached hydrogen (secondary N) is 1. The summed E-state index contributed by atoms with van der Waals surface area (Å²) in [5, 5.41) is 30.7. The first-order chi connectivity index (χ1) is 7.51. The van der Waals surface area contributed by atoms with Gasteiger partial charge in [0.25, 0.3) is 0 Å². The summed E-state index contributed by atoms with van der Waals surface area (Å²) in [6, 6.07) is -0.861. The Labute approximate surface area is 93.0 Å². The van der Waals surface area contributed by atoms with Crippen molar-refractivity contribution in [1.82, 2.24) is 5.32 Å². The van der Waals surface area contributed by atoms with Gasteiger partial charge in [-0.25, -0.2) is 0 Å². The molecule has 0 aromatic heterocycles. The molecule has 16 heavy (non-hydrogen) atoms. The van der Waals surface area contributed by atoms with Gasteiger partial charge >= 0.3 is 0 Å². The summed E-state index contributed by atoms with van der Waals surface area (Å²) in [7, 11) is 1.35. The van der Waals surface area contributed by atoms with Crippen LogP contribution >= 0.6 is 0 Å². The molecule has 1 rings (SSSR count). The number of amides is 1. The topological polar surface area (TPSA) is 108 Å². The number of hydrogen-bond donors (Lipinski definition) is 4. The van der Waals surface area contributed by atoms with Gasteiger partial charge in [-0.15, -0.1) is 0 Å². The number of aliphatic hydroxyl groups excluding tert-OH is 3. The third kappa shape index (κ3) is 2.69. The molecule has 5 atom stereocenters. The maximum Gasteiger partial charge on any atom is 0.217 e. The summed E-state index contributed by atoms with van der Waals surface area (Å²) in [6.07, 6.45) is -4.35. The van der Waals surface area contributed by atoms with Gasteiger partial charge in [-0.05, 0) is 0 Å². The molecule has 1 aliphatic rings. The van der Waals surface area contributed by atoms with Crippen molar-refractivity contribution >= 4 is 5.91 Å². The molecule has 0 radical (unpaired) electrons. The molecule has 0 spiro atoms. The predicted octanol–water partition coefficient (Wildman–Crippen LogP) is -2.42. The number of ether oxygens (including phenoxy) is 2. The molecule has 0 saturated carbocycles. The summed E-state index contributed by atoms with van der Waals surface area (Å²) in [4.78, 5) is 10.9. The summed E-state index contributed by atoms with van der Waals surface area (Å²) >= 11 is 0. The average molecular weight is 235 g/mol. The average Bonchev–Trinajstić information content (AvgIpc) is 2.25. The molecular formula is C9H17NO6. The van der Waals surface area contributed by atoms with Crippen LogP contribution in [0, 0.1) is 0 Å². The Kier molecular flexibility index (Phi) is 4.63. The Balaban J connectivity index is 2.77. The fourth-order valence-corrected chi connectivity index (χ4v) is 1.67. The van der Waals surface area contributed by atoms with Crippen molar-refractivity contribution in [1.29, 1.82) is 0 Å². The lowest BCUT2D eigenvalue weighted by molar-refractivity contribution is -0.262. The number of carbonyl (C=O) groups is 1. The first-order valence-corrected chi connectivity index (χ1v) is 4.93. The second-order valence-corrected chi connectivity index (χ2v) is 3.67. The maximum absolute atomic E-state index is 10.9. The smallest absolute Gasteiger partial charge is 0.217 e. The van der Waals surface area contributed by atoms with E-state index in [9.17, 15) is 15.0 Å². The Bertz CT molecular complexity index is 246. The molecule has 94 valence electrons. The summed E-state index contributed by atoms with van der Waals surface area (Å²) in [5.74, 6) is -0.371. The summed E-state index contributed by atoms with van der Waals surface area (Å²) in [6.45, 7) is 0.842. The Morgan fingerprint density at radius 2 is 2.06 bits per heavy atom. The van der Waals surface area contributed by atoms with Crippen molar-refractivity contribution in [3.63, 3.8) is 0 Å². The van der Waals surface area contributed by atoms with Crippen LogP contribution in [0.4, 0.5) is 0 Å². The van der Waals surface area contributed by atoms with Gasteiger partial charge in [0.2, 0.25) is 5.91 Å². The highest BCUT2D eigenvalue weighted by Crippen LogP contribution is 2.21. The lowest BCUT2D eigenvalue weighted by Crippen LogP contribution is -2.64. The van der Waals surface area contributed by atoms with E-state index < -0.39 is 37.3 Å². The molecule has 1 aliphatic heterocycles. The van der Waals surface area contributed by atoms with Crippen LogP contribution in [-0.4, -0.2) is 65.6 Å². The van der Waals surface area contributed by atoms with Gasteiger partial charge in [0.1, 0.15) is 24.4 Å². The summed E-state index contributed by atoms with van der Waals surface area (Å²) < 4.78 is 10.1. The van der Waals surface area contributed by atoms with E-state index in [2.05, 4.69) is 5.32 Å². The van der Waals surface area contributed by atoms with Crippen molar-refractivity contribution in [2.45, 2.75) is 37.6 Å². The van der Waals surface area contributed by atoms with Crippen LogP contribution in [0.1, 0.15) is 6.92 Å². The lowest BCUT2D eigenvalue weighted by atomic mass is 9.97. The van der Waals surface area contributed by atoms with Crippen molar-refractivity contribution in [3.05, 3.63) is 0 Å².